The van der Waals surface area contributed by atoms with Crippen molar-refractivity contribution in [3.8, 4) is 5.75 Å². The average molecular weight is 298 g/mol. The lowest BCUT2D eigenvalue weighted by molar-refractivity contribution is -0.123. The summed E-state index contributed by atoms with van der Waals surface area (Å²) in [7, 11) is 0. The van der Waals surface area contributed by atoms with Crippen molar-refractivity contribution < 1.29 is 9.53 Å². The van der Waals surface area contributed by atoms with Gasteiger partial charge in [-0.3, -0.25) is 4.79 Å². The second-order valence-corrected chi connectivity index (χ2v) is 5.30. The third-order valence-electron chi connectivity index (χ3n) is 2.78. The molecule has 1 fully saturated rings. The Morgan fingerprint density at radius 3 is 2.94 bits per heavy atom. The SMILES string of the molecule is Cc1cc(OCC(=O)NCC2CC2)ccc1Br. The summed E-state index contributed by atoms with van der Waals surface area (Å²) in [5.74, 6) is 1.39. The van der Waals surface area contributed by atoms with Crippen LogP contribution in [0.2, 0.25) is 0 Å². The van der Waals surface area contributed by atoms with E-state index in [1.54, 1.807) is 0 Å². The van der Waals surface area contributed by atoms with Gasteiger partial charge in [0.25, 0.3) is 5.91 Å². The summed E-state index contributed by atoms with van der Waals surface area (Å²) in [5, 5.41) is 2.87. The van der Waals surface area contributed by atoms with E-state index in [-0.39, 0.29) is 12.5 Å². The Bertz CT molecular complexity index is 416. The van der Waals surface area contributed by atoms with Gasteiger partial charge in [0.2, 0.25) is 0 Å². The van der Waals surface area contributed by atoms with E-state index < -0.39 is 0 Å². The van der Waals surface area contributed by atoms with Crippen LogP contribution >= 0.6 is 15.9 Å². The number of nitrogens with one attached hydrogen (secondary N) is 1. The second-order valence-electron chi connectivity index (χ2n) is 4.45. The van der Waals surface area contributed by atoms with Gasteiger partial charge in [-0.1, -0.05) is 15.9 Å². The van der Waals surface area contributed by atoms with E-state index >= 15 is 0 Å². The van der Waals surface area contributed by atoms with Crippen LogP contribution in [0.4, 0.5) is 0 Å². The first-order chi connectivity index (χ1) is 8.15. The monoisotopic (exact) mass is 297 g/mol. The predicted octanol–water partition coefficient (Wildman–Crippen LogP) is 2.66. The van der Waals surface area contributed by atoms with Crippen LogP contribution in [0, 0.1) is 12.8 Å². The van der Waals surface area contributed by atoms with Gasteiger partial charge in [-0.25, -0.2) is 0 Å². The van der Waals surface area contributed by atoms with Gasteiger partial charge in [0.05, 0.1) is 0 Å². The molecule has 1 amide bonds. The van der Waals surface area contributed by atoms with E-state index in [1.165, 1.54) is 12.8 Å². The number of ether oxygens (including phenoxy) is 1. The zero-order valence-corrected chi connectivity index (χ0v) is 11.4. The number of rotatable bonds is 5. The van der Waals surface area contributed by atoms with Crippen molar-refractivity contribution >= 4 is 21.8 Å². The smallest absolute Gasteiger partial charge is 0.257 e. The number of hydrogen-bond donors (Lipinski definition) is 1. The molecule has 17 heavy (non-hydrogen) atoms. The number of carbonyl (C=O) groups excluding carboxylic acids is 1. The normalized spacial score (nSPS) is 14.5. The van der Waals surface area contributed by atoms with Crippen LogP contribution in [0.1, 0.15) is 18.4 Å². The first-order valence-corrected chi connectivity index (χ1v) is 6.60. The molecule has 1 aromatic carbocycles. The van der Waals surface area contributed by atoms with Crippen LogP contribution in [-0.2, 0) is 4.79 Å². The Morgan fingerprint density at radius 1 is 1.53 bits per heavy atom. The number of hydrogen-bond acceptors (Lipinski definition) is 2. The van der Waals surface area contributed by atoms with E-state index in [9.17, 15) is 4.79 Å². The van der Waals surface area contributed by atoms with Gasteiger partial charge in [-0.2, -0.15) is 0 Å². The highest BCUT2D eigenvalue weighted by molar-refractivity contribution is 9.10. The molecule has 1 saturated carbocycles. The fourth-order valence-corrected chi connectivity index (χ4v) is 1.73. The van der Waals surface area contributed by atoms with Gasteiger partial charge < -0.3 is 10.1 Å². The maximum atomic E-state index is 11.5. The maximum Gasteiger partial charge on any atom is 0.257 e. The van der Waals surface area contributed by atoms with E-state index in [0.717, 1.165) is 22.3 Å². The van der Waals surface area contributed by atoms with E-state index in [4.69, 9.17) is 4.74 Å². The second kappa shape index (κ2) is 5.54. The fraction of sp³-hybridized carbons (Fsp3) is 0.462. The number of halogens is 1. The minimum atomic E-state index is -0.0440. The molecule has 1 N–H and O–H groups in total. The summed E-state index contributed by atoms with van der Waals surface area (Å²) in [6.45, 7) is 2.87. The Labute approximate surface area is 110 Å². The van der Waals surface area contributed by atoms with E-state index in [1.807, 2.05) is 25.1 Å². The summed E-state index contributed by atoms with van der Waals surface area (Å²) in [5.41, 5.74) is 1.10. The zero-order chi connectivity index (χ0) is 12.3. The lowest BCUT2D eigenvalue weighted by Gasteiger charge is -2.08. The van der Waals surface area contributed by atoms with Crippen LogP contribution in [0.3, 0.4) is 0 Å². The van der Waals surface area contributed by atoms with Crippen molar-refractivity contribution in [2.24, 2.45) is 5.92 Å². The van der Waals surface area contributed by atoms with Crippen molar-refractivity contribution in [2.45, 2.75) is 19.8 Å². The Balaban J connectivity index is 1.75. The van der Waals surface area contributed by atoms with Gasteiger partial charge in [0.15, 0.2) is 6.61 Å². The quantitative estimate of drug-likeness (QED) is 0.907. The molecule has 0 spiro atoms. The van der Waals surface area contributed by atoms with Gasteiger partial charge in [-0.05, 0) is 49.4 Å². The van der Waals surface area contributed by atoms with Crippen molar-refractivity contribution in [3.05, 3.63) is 28.2 Å². The Morgan fingerprint density at radius 2 is 2.29 bits per heavy atom. The van der Waals surface area contributed by atoms with E-state index in [2.05, 4.69) is 21.2 Å². The highest BCUT2D eigenvalue weighted by Gasteiger charge is 2.21. The molecule has 0 saturated heterocycles. The van der Waals surface area contributed by atoms with Crippen molar-refractivity contribution in [1.29, 1.82) is 0 Å². The molecule has 3 nitrogen and oxygen atoms in total. The number of benzene rings is 1. The topological polar surface area (TPSA) is 38.3 Å². The molecule has 1 aromatic rings. The first-order valence-electron chi connectivity index (χ1n) is 5.81. The largest absolute Gasteiger partial charge is 0.484 e. The maximum absolute atomic E-state index is 11.5. The third-order valence-corrected chi connectivity index (χ3v) is 3.67. The lowest BCUT2D eigenvalue weighted by Crippen LogP contribution is -2.30. The van der Waals surface area contributed by atoms with Gasteiger partial charge in [0.1, 0.15) is 5.75 Å². The van der Waals surface area contributed by atoms with Crippen LogP contribution in [-0.4, -0.2) is 19.1 Å². The summed E-state index contributed by atoms with van der Waals surface area (Å²) >= 11 is 3.42. The van der Waals surface area contributed by atoms with Gasteiger partial charge >= 0.3 is 0 Å². The van der Waals surface area contributed by atoms with E-state index in [0.29, 0.717) is 5.92 Å². The minimum absolute atomic E-state index is 0.0440. The predicted molar refractivity (Wildman–Crippen MR) is 70.1 cm³/mol. The molecule has 0 heterocycles. The first kappa shape index (κ1) is 12.4. The average Bonchev–Trinajstić information content (AvgIpc) is 3.12. The Hall–Kier alpha value is -1.03. The summed E-state index contributed by atoms with van der Waals surface area (Å²) in [6.07, 6.45) is 2.49. The third kappa shape index (κ3) is 4.04. The molecule has 0 bridgehead atoms. The molecular formula is C13H16BrNO2. The van der Waals surface area contributed by atoms with Crippen LogP contribution in [0.25, 0.3) is 0 Å². The molecule has 0 unspecified atom stereocenters. The molecule has 1 aliphatic rings. The summed E-state index contributed by atoms with van der Waals surface area (Å²) < 4.78 is 6.47. The molecule has 2 rings (SSSR count). The molecule has 1 aliphatic carbocycles. The fourth-order valence-electron chi connectivity index (χ4n) is 1.49. The zero-order valence-electron chi connectivity index (χ0n) is 9.83. The molecule has 0 aromatic heterocycles. The van der Waals surface area contributed by atoms with Gasteiger partial charge in [0, 0.05) is 11.0 Å². The van der Waals surface area contributed by atoms with Crippen molar-refractivity contribution in [2.75, 3.05) is 13.2 Å². The van der Waals surface area contributed by atoms with Crippen LogP contribution in [0.15, 0.2) is 22.7 Å². The highest BCUT2D eigenvalue weighted by atomic mass is 79.9. The number of aryl methyl sites for hydroxylation is 1. The number of amides is 1. The molecule has 0 atom stereocenters. The Kier molecular flexibility index (Phi) is 4.05. The minimum Gasteiger partial charge on any atom is -0.484 e. The highest BCUT2D eigenvalue weighted by Crippen LogP contribution is 2.27. The van der Waals surface area contributed by atoms with Gasteiger partial charge in [-0.15, -0.1) is 0 Å². The molecule has 92 valence electrons. The van der Waals surface area contributed by atoms with Crippen molar-refractivity contribution in [1.82, 2.24) is 5.32 Å². The van der Waals surface area contributed by atoms with Crippen LogP contribution < -0.4 is 10.1 Å². The summed E-state index contributed by atoms with van der Waals surface area (Å²) in [6, 6.07) is 5.69. The molecule has 0 radical (unpaired) electrons. The standard InChI is InChI=1S/C13H16BrNO2/c1-9-6-11(4-5-12(9)14)17-8-13(16)15-7-10-2-3-10/h4-6,10H,2-3,7-8H2,1H3,(H,15,16). The van der Waals surface area contributed by atoms with Crippen LogP contribution in [0.5, 0.6) is 5.75 Å². The van der Waals surface area contributed by atoms with Crippen molar-refractivity contribution in [3.63, 3.8) is 0 Å². The number of carbonyl (C=O) groups is 1. The molecule has 0 aliphatic heterocycles. The molecular weight excluding hydrogens is 282 g/mol. The molecule has 4 heteroatoms. The lowest BCUT2D eigenvalue weighted by atomic mass is 10.2. The summed E-state index contributed by atoms with van der Waals surface area (Å²) in [4.78, 5) is 11.5.